The Morgan fingerprint density at radius 3 is 2.37 bits per heavy atom. The lowest BCUT2D eigenvalue weighted by molar-refractivity contribution is -0.142. The summed E-state index contributed by atoms with van der Waals surface area (Å²) in [5.41, 5.74) is 6.70. The van der Waals surface area contributed by atoms with Gasteiger partial charge in [-0.25, -0.2) is 4.79 Å². The van der Waals surface area contributed by atoms with Crippen LogP contribution in [0.15, 0.2) is 42.5 Å². The average molecular weight is 370 g/mol. The van der Waals surface area contributed by atoms with E-state index in [4.69, 9.17) is 15.9 Å². The average Bonchev–Trinajstić information content (AvgIpc) is 2.62. The predicted molar refractivity (Wildman–Crippen MR) is 108 cm³/mol. The van der Waals surface area contributed by atoms with Gasteiger partial charge in [-0.1, -0.05) is 6.07 Å². The molecular formula is C20H26N4O3. The summed E-state index contributed by atoms with van der Waals surface area (Å²) in [5.74, 6) is -0.346. The summed E-state index contributed by atoms with van der Waals surface area (Å²) < 4.78 is 5.64. The van der Waals surface area contributed by atoms with Crippen LogP contribution in [-0.4, -0.2) is 37.6 Å². The van der Waals surface area contributed by atoms with Crippen LogP contribution in [-0.2, 0) is 10.3 Å². The third-order valence-corrected chi connectivity index (χ3v) is 4.34. The molecule has 0 amide bonds. The summed E-state index contributed by atoms with van der Waals surface area (Å²) in [5, 5.41) is 20.5. The SMILES string of the molecule is CCOc1ccc(C(C)(Nc2ccc(C(=N)N)cc2)C(=O)O)cc1N(C)C. The minimum atomic E-state index is -1.35. The molecule has 1 atom stereocenters. The number of nitrogens with two attached hydrogens (primary N) is 1. The maximum absolute atomic E-state index is 12.1. The molecule has 0 aliphatic rings. The second-order valence-corrected chi connectivity index (χ2v) is 6.56. The molecule has 2 aromatic rings. The van der Waals surface area contributed by atoms with Crippen LogP contribution >= 0.6 is 0 Å². The van der Waals surface area contributed by atoms with Crippen LogP contribution in [0.5, 0.6) is 5.75 Å². The molecular weight excluding hydrogens is 344 g/mol. The van der Waals surface area contributed by atoms with Crippen molar-refractivity contribution in [3.8, 4) is 5.75 Å². The molecule has 1 unspecified atom stereocenters. The van der Waals surface area contributed by atoms with Crippen molar-refractivity contribution in [3.05, 3.63) is 53.6 Å². The highest BCUT2D eigenvalue weighted by Crippen LogP contribution is 2.34. The number of anilines is 2. The Balaban J connectivity index is 2.44. The Labute approximate surface area is 159 Å². The lowest BCUT2D eigenvalue weighted by Crippen LogP contribution is -2.40. The van der Waals surface area contributed by atoms with Gasteiger partial charge in [0.15, 0.2) is 5.54 Å². The van der Waals surface area contributed by atoms with E-state index in [-0.39, 0.29) is 5.84 Å². The highest BCUT2D eigenvalue weighted by atomic mass is 16.5. The molecule has 0 saturated carbocycles. The summed E-state index contributed by atoms with van der Waals surface area (Å²) in [6.45, 7) is 4.04. The Morgan fingerprint density at radius 1 is 1.26 bits per heavy atom. The number of hydrogen-bond donors (Lipinski definition) is 4. The molecule has 5 N–H and O–H groups in total. The van der Waals surface area contributed by atoms with Crippen molar-refractivity contribution < 1.29 is 14.6 Å². The van der Waals surface area contributed by atoms with Crippen molar-refractivity contribution in [1.82, 2.24) is 0 Å². The number of carbonyl (C=O) groups is 1. The molecule has 0 saturated heterocycles. The molecule has 2 aromatic carbocycles. The van der Waals surface area contributed by atoms with Gasteiger partial charge >= 0.3 is 5.97 Å². The number of ether oxygens (including phenoxy) is 1. The Hall–Kier alpha value is -3.22. The van der Waals surface area contributed by atoms with Gasteiger partial charge in [-0.05, 0) is 55.8 Å². The Morgan fingerprint density at radius 2 is 1.89 bits per heavy atom. The number of nitrogens with one attached hydrogen (secondary N) is 2. The van der Waals surface area contributed by atoms with E-state index in [0.717, 1.165) is 5.69 Å². The third-order valence-electron chi connectivity index (χ3n) is 4.34. The van der Waals surface area contributed by atoms with Gasteiger partial charge in [0.2, 0.25) is 0 Å². The molecule has 0 spiro atoms. The number of aliphatic carboxylic acids is 1. The Kier molecular flexibility index (Phi) is 5.95. The van der Waals surface area contributed by atoms with E-state index in [9.17, 15) is 9.90 Å². The van der Waals surface area contributed by atoms with Crippen molar-refractivity contribution >= 4 is 23.2 Å². The maximum Gasteiger partial charge on any atom is 0.333 e. The first-order chi connectivity index (χ1) is 12.7. The molecule has 0 aliphatic heterocycles. The number of nitrogens with zero attached hydrogens (tertiary/aromatic N) is 1. The molecule has 7 nitrogen and oxygen atoms in total. The number of amidine groups is 1. The van der Waals surface area contributed by atoms with E-state index in [1.165, 1.54) is 0 Å². The van der Waals surface area contributed by atoms with Crippen molar-refractivity contribution in [3.63, 3.8) is 0 Å². The normalized spacial score (nSPS) is 12.7. The lowest BCUT2D eigenvalue weighted by Gasteiger charge is -2.30. The number of hydrogen-bond acceptors (Lipinski definition) is 5. The third kappa shape index (κ3) is 4.31. The maximum atomic E-state index is 12.1. The van der Waals surface area contributed by atoms with E-state index in [1.807, 2.05) is 32.0 Å². The van der Waals surface area contributed by atoms with Crippen LogP contribution in [0.3, 0.4) is 0 Å². The zero-order chi connectivity index (χ0) is 20.2. The number of rotatable bonds is 8. The molecule has 7 heteroatoms. The zero-order valence-corrected chi connectivity index (χ0v) is 16.0. The fraction of sp³-hybridized carbons (Fsp3) is 0.300. The molecule has 2 rings (SSSR count). The molecule has 0 aliphatic carbocycles. The predicted octanol–water partition coefficient (Wildman–Crippen LogP) is 2.85. The van der Waals surface area contributed by atoms with Gasteiger partial charge in [0.1, 0.15) is 11.6 Å². The van der Waals surface area contributed by atoms with Crippen molar-refractivity contribution in [2.75, 3.05) is 30.9 Å². The van der Waals surface area contributed by atoms with Crippen LogP contribution < -0.4 is 20.7 Å². The summed E-state index contributed by atoms with van der Waals surface area (Å²) in [6, 6.07) is 12.1. The fourth-order valence-electron chi connectivity index (χ4n) is 2.73. The smallest absolute Gasteiger partial charge is 0.333 e. The first-order valence-corrected chi connectivity index (χ1v) is 8.59. The van der Waals surface area contributed by atoms with Crippen LogP contribution in [0.25, 0.3) is 0 Å². The van der Waals surface area contributed by atoms with Crippen LogP contribution in [0.1, 0.15) is 25.0 Å². The molecule has 0 aromatic heterocycles. The van der Waals surface area contributed by atoms with Gasteiger partial charge in [0, 0.05) is 25.3 Å². The highest BCUT2D eigenvalue weighted by molar-refractivity contribution is 5.95. The van der Waals surface area contributed by atoms with Crippen LogP contribution in [0.2, 0.25) is 0 Å². The fourth-order valence-corrected chi connectivity index (χ4v) is 2.73. The topological polar surface area (TPSA) is 112 Å². The summed E-state index contributed by atoms with van der Waals surface area (Å²) in [4.78, 5) is 14.0. The van der Waals surface area contributed by atoms with Gasteiger partial charge in [-0.2, -0.15) is 0 Å². The van der Waals surface area contributed by atoms with Gasteiger partial charge in [0.05, 0.1) is 12.3 Å². The zero-order valence-electron chi connectivity index (χ0n) is 16.0. The monoisotopic (exact) mass is 370 g/mol. The molecule has 27 heavy (non-hydrogen) atoms. The Bertz CT molecular complexity index is 834. The molecule has 144 valence electrons. The number of carboxylic acid groups (broad SMARTS) is 1. The van der Waals surface area contributed by atoms with E-state index in [2.05, 4.69) is 5.32 Å². The second-order valence-electron chi connectivity index (χ2n) is 6.56. The molecule has 0 radical (unpaired) electrons. The summed E-state index contributed by atoms with van der Waals surface area (Å²) in [7, 11) is 3.77. The first-order valence-electron chi connectivity index (χ1n) is 8.59. The largest absolute Gasteiger partial charge is 0.492 e. The van der Waals surface area contributed by atoms with E-state index in [1.54, 1.807) is 43.3 Å². The minimum Gasteiger partial charge on any atom is -0.492 e. The summed E-state index contributed by atoms with van der Waals surface area (Å²) >= 11 is 0. The highest BCUT2D eigenvalue weighted by Gasteiger charge is 2.36. The molecule has 0 fully saturated rings. The van der Waals surface area contributed by atoms with Gasteiger partial charge in [-0.3, -0.25) is 5.41 Å². The quantitative estimate of drug-likeness (QED) is 0.420. The standard InChI is InChI=1S/C20H26N4O3/c1-5-27-17-11-8-14(12-16(17)24(3)4)20(2,19(25)26)23-15-9-6-13(7-10-15)18(21)22/h6-12,23H,5H2,1-4H3,(H3,21,22)(H,25,26). The minimum absolute atomic E-state index is 0.0373. The van der Waals surface area contributed by atoms with E-state index >= 15 is 0 Å². The number of nitrogen functional groups attached to an aromatic ring is 1. The van der Waals surface area contributed by atoms with Gasteiger partial charge in [0.25, 0.3) is 0 Å². The van der Waals surface area contributed by atoms with Crippen molar-refractivity contribution in [2.45, 2.75) is 19.4 Å². The summed E-state index contributed by atoms with van der Waals surface area (Å²) in [6.07, 6.45) is 0. The second kappa shape index (κ2) is 7.99. The molecule has 0 heterocycles. The van der Waals surface area contributed by atoms with Crippen molar-refractivity contribution in [2.24, 2.45) is 5.73 Å². The number of carboxylic acids is 1. The van der Waals surface area contributed by atoms with Crippen molar-refractivity contribution in [1.29, 1.82) is 5.41 Å². The van der Waals surface area contributed by atoms with Crippen LogP contribution in [0.4, 0.5) is 11.4 Å². The molecule has 0 bridgehead atoms. The van der Waals surface area contributed by atoms with Crippen LogP contribution in [0, 0.1) is 5.41 Å². The van der Waals surface area contributed by atoms with E-state index in [0.29, 0.717) is 29.2 Å². The van der Waals surface area contributed by atoms with Gasteiger partial charge < -0.3 is 25.8 Å². The van der Waals surface area contributed by atoms with E-state index < -0.39 is 11.5 Å². The first kappa shape index (κ1) is 20.1. The number of benzene rings is 2. The lowest BCUT2D eigenvalue weighted by atomic mass is 9.90. The van der Waals surface area contributed by atoms with Gasteiger partial charge in [-0.15, -0.1) is 0 Å².